The summed E-state index contributed by atoms with van der Waals surface area (Å²) in [7, 11) is -3.14. The third-order valence-electron chi connectivity index (χ3n) is 3.81. The van der Waals surface area contributed by atoms with E-state index in [2.05, 4.69) is 4.98 Å². The quantitative estimate of drug-likeness (QED) is 0.858. The minimum atomic E-state index is -3.14. The number of hydrogen-bond donors (Lipinski definition) is 0. The van der Waals surface area contributed by atoms with Crippen LogP contribution in [0.4, 0.5) is 0 Å². The van der Waals surface area contributed by atoms with Gasteiger partial charge in [0.25, 0.3) is 0 Å². The first-order valence-corrected chi connectivity index (χ1v) is 9.28. The molecule has 3 rings (SSSR count). The van der Waals surface area contributed by atoms with Crippen LogP contribution in [0.3, 0.4) is 0 Å². The van der Waals surface area contributed by atoms with E-state index in [1.807, 2.05) is 24.3 Å². The van der Waals surface area contributed by atoms with E-state index < -0.39 is 10.0 Å². The molecule has 1 aliphatic rings. The summed E-state index contributed by atoms with van der Waals surface area (Å²) in [6.45, 7) is 0.964. The van der Waals surface area contributed by atoms with Gasteiger partial charge in [-0.25, -0.2) is 17.7 Å². The van der Waals surface area contributed by atoms with Gasteiger partial charge in [0.15, 0.2) is 5.89 Å². The predicted molar refractivity (Wildman–Crippen MR) is 84.5 cm³/mol. The average molecular weight is 341 g/mol. The van der Waals surface area contributed by atoms with Crippen LogP contribution in [0.2, 0.25) is 5.02 Å². The van der Waals surface area contributed by atoms with E-state index in [1.165, 1.54) is 10.6 Å². The molecule has 0 spiro atoms. The summed E-state index contributed by atoms with van der Waals surface area (Å²) in [4.78, 5) is 4.31. The minimum absolute atomic E-state index is 0.0304. The van der Waals surface area contributed by atoms with Crippen LogP contribution < -0.4 is 0 Å². The first kappa shape index (κ1) is 15.5. The van der Waals surface area contributed by atoms with Gasteiger partial charge in [0, 0.05) is 24.5 Å². The second-order valence-corrected chi connectivity index (χ2v) is 8.00. The molecule has 2 aromatic rings. The zero-order chi connectivity index (χ0) is 15.7. The molecule has 2 heterocycles. The van der Waals surface area contributed by atoms with Gasteiger partial charge in [-0.15, -0.1) is 0 Å². The van der Waals surface area contributed by atoms with Crippen LogP contribution in [0.15, 0.2) is 34.9 Å². The molecule has 1 atom stereocenters. The Hall–Kier alpha value is -1.37. The molecule has 7 heteroatoms. The SMILES string of the molecule is CS(=O)(=O)N1CC[C@@H](c2ncc(Cc3cccc(Cl)c3)o2)C1. The van der Waals surface area contributed by atoms with Crippen molar-refractivity contribution in [3.05, 3.63) is 52.7 Å². The summed E-state index contributed by atoms with van der Waals surface area (Å²) in [5.74, 6) is 1.40. The molecule has 0 bridgehead atoms. The Morgan fingerprint density at radius 1 is 1.45 bits per heavy atom. The molecular weight excluding hydrogens is 324 g/mol. The van der Waals surface area contributed by atoms with Gasteiger partial charge in [-0.05, 0) is 24.1 Å². The third kappa shape index (κ3) is 3.51. The smallest absolute Gasteiger partial charge is 0.211 e. The number of sulfonamides is 1. The van der Waals surface area contributed by atoms with Crippen LogP contribution in [0, 0.1) is 0 Å². The van der Waals surface area contributed by atoms with Crippen molar-refractivity contribution in [2.75, 3.05) is 19.3 Å². The highest BCUT2D eigenvalue weighted by Gasteiger charge is 2.32. The Balaban J connectivity index is 1.70. The van der Waals surface area contributed by atoms with Crippen LogP contribution >= 0.6 is 11.6 Å². The number of aromatic nitrogens is 1. The zero-order valence-electron chi connectivity index (χ0n) is 12.2. The van der Waals surface area contributed by atoms with Gasteiger partial charge in [-0.2, -0.15) is 0 Å². The lowest BCUT2D eigenvalue weighted by Gasteiger charge is -2.11. The van der Waals surface area contributed by atoms with Crippen molar-refractivity contribution in [3.8, 4) is 0 Å². The van der Waals surface area contributed by atoms with Crippen LogP contribution in [0.5, 0.6) is 0 Å². The average Bonchev–Trinajstić information content (AvgIpc) is 3.06. The highest BCUT2D eigenvalue weighted by Crippen LogP contribution is 2.28. The molecule has 0 unspecified atom stereocenters. The van der Waals surface area contributed by atoms with Crippen molar-refractivity contribution in [3.63, 3.8) is 0 Å². The monoisotopic (exact) mass is 340 g/mol. The molecule has 0 aliphatic carbocycles. The number of oxazole rings is 1. The molecule has 1 fully saturated rings. The summed E-state index contributed by atoms with van der Waals surface area (Å²) in [6, 6.07) is 7.60. The first-order valence-electron chi connectivity index (χ1n) is 7.06. The molecule has 1 saturated heterocycles. The molecule has 118 valence electrons. The van der Waals surface area contributed by atoms with Crippen molar-refractivity contribution >= 4 is 21.6 Å². The first-order chi connectivity index (χ1) is 10.4. The van der Waals surface area contributed by atoms with E-state index in [9.17, 15) is 8.42 Å². The number of hydrogen-bond acceptors (Lipinski definition) is 4. The number of halogens is 1. The molecule has 1 aromatic heterocycles. The van der Waals surface area contributed by atoms with E-state index >= 15 is 0 Å². The summed E-state index contributed by atoms with van der Waals surface area (Å²) in [6.07, 6.45) is 4.30. The lowest BCUT2D eigenvalue weighted by Crippen LogP contribution is -2.27. The van der Waals surface area contributed by atoms with Crippen molar-refractivity contribution in [1.29, 1.82) is 0 Å². The van der Waals surface area contributed by atoms with Crippen LogP contribution in [-0.4, -0.2) is 37.1 Å². The molecule has 0 saturated carbocycles. The fourth-order valence-electron chi connectivity index (χ4n) is 2.67. The maximum atomic E-state index is 11.6. The Bertz CT molecular complexity index is 773. The van der Waals surface area contributed by atoms with Crippen LogP contribution in [-0.2, 0) is 16.4 Å². The zero-order valence-corrected chi connectivity index (χ0v) is 13.8. The second kappa shape index (κ2) is 6.02. The van der Waals surface area contributed by atoms with Gasteiger partial charge < -0.3 is 4.42 Å². The Morgan fingerprint density at radius 3 is 2.95 bits per heavy atom. The molecule has 1 aliphatic heterocycles. The maximum Gasteiger partial charge on any atom is 0.211 e. The lowest BCUT2D eigenvalue weighted by atomic mass is 10.1. The normalized spacial score (nSPS) is 19.6. The number of benzene rings is 1. The van der Waals surface area contributed by atoms with Crippen molar-refractivity contribution in [2.24, 2.45) is 0 Å². The Labute approximate surface area is 135 Å². The lowest BCUT2D eigenvalue weighted by molar-refractivity contribution is 0.418. The number of rotatable bonds is 4. The third-order valence-corrected chi connectivity index (χ3v) is 5.31. The van der Waals surface area contributed by atoms with Gasteiger partial charge in [0.2, 0.25) is 10.0 Å². The van der Waals surface area contributed by atoms with Crippen LogP contribution in [0.25, 0.3) is 0 Å². The molecule has 22 heavy (non-hydrogen) atoms. The van der Waals surface area contributed by atoms with Crippen molar-refractivity contribution in [2.45, 2.75) is 18.8 Å². The summed E-state index contributed by atoms with van der Waals surface area (Å²) >= 11 is 5.97. The van der Waals surface area contributed by atoms with E-state index in [-0.39, 0.29) is 5.92 Å². The molecule has 0 N–H and O–H groups in total. The summed E-state index contributed by atoms with van der Waals surface area (Å²) < 4.78 is 30.4. The van der Waals surface area contributed by atoms with Gasteiger partial charge in [-0.1, -0.05) is 23.7 Å². The van der Waals surface area contributed by atoms with Gasteiger partial charge in [-0.3, -0.25) is 0 Å². The Morgan fingerprint density at radius 2 is 2.27 bits per heavy atom. The van der Waals surface area contributed by atoms with Crippen molar-refractivity contribution < 1.29 is 12.8 Å². The fraction of sp³-hybridized carbons (Fsp3) is 0.400. The topological polar surface area (TPSA) is 63.4 Å². The van der Waals surface area contributed by atoms with Gasteiger partial charge in [0.05, 0.1) is 18.4 Å². The van der Waals surface area contributed by atoms with E-state index in [1.54, 1.807) is 6.20 Å². The minimum Gasteiger partial charge on any atom is -0.445 e. The summed E-state index contributed by atoms with van der Waals surface area (Å²) in [5.41, 5.74) is 1.05. The molecule has 5 nitrogen and oxygen atoms in total. The van der Waals surface area contributed by atoms with E-state index in [0.29, 0.717) is 30.4 Å². The Kier molecular flexibility index (Phi) is 4.25. The van der Waals surface area contributed by atoms with Gasteiger partial charge in [0.1, 0.15) is 5.76 Å². The second-order valence-electron chi connectivity index (χ2n) is 5.58. The maximum absolute atomic E-state index is 11.6. The molecule has 0 amide bonds. The molecule has 0 radical (unpaired) electrons. The standard InChI is InChI=1S/C15H17ClN2O3S/c1-22(19,20)18-6-5-12(10-18)15-17-9-14(21-15)8-11-3-2-4-13(16)7-11/h2-4,7,9,12H,5-6,8,10H2,1H3/t12-/m1/s1. The van der Waals surface area contributed by atoms with Crippen molar-refractivity contribution in [1.82, 2.24) is 9.29 Å². The van der Waals surface area contributed by atoms with E-state index in [4.69, 9.17) is 16.0 Å². The molecular formula is C15H17ClN2O3S. The highest BCUT2D eigenvalue weighted by molar-refractivity contribution is 7.88. The molecule has 1 aromatic carbocycles. The largest absolute Gasteiger partial charge is 0.445 e. The summed E-state index contributed by atoms with van der Waals surface area (Å²) in [5, 5.41) is 0.692. The highest BCUT2D eigenvalue weighted by atomic mass is 35.5. The fourth-order valence-corrected chi connectivity index (χ4v) is 3.77. The predicted octanol–water partition coefficient (Wildman–Crippen LogP) is 2.67. The van der Waals surface area contributed by atoms with E-state index in [0.717, 1.165) is 17.7 Å². The van der Waals surface area contributed by atoms with Gasteiger partial charge >= 0.3 is 0 Å². The number of nitrogens with zero attached hydrogens (tertiary/aromatic N) is 2. The van der Waals surface area contributed by atoms with Crippen LogP contribution in [0.1, 0.15) is 29.6 Å².